The quantitative estimate of drug-likeness (QED) is 0.793. The second kappa shape index (κ2) is 7.43. The molecular weight excluding hydrogens is 282 g/mol. The average molecular weight is 303 g/mol. The molecule has 0 amide bonds. The highest BCUT2D eigenvalue weighted by Crippen LogP contribution is 2.25. The summed E-state index contributed by atoms with van der Waals surface area (Å²) < 4.78 is 0. The maximum atomic E-state index is 10.8. The summed E-state index contributed by atoms with van der Waals surface area (Å²) in [4.78, 5) is 20.6. The zero-order chi connectivity index (χ0) is 15.2. The van der Waals surface area contributed by atoms with Crippen LogP contribution in [0.5, 0.6) is 0 Å². The minimum atomic E-state index is 0.357. The van der Waals surface area contributed by atoms with Crippen molar-refractivity contribution in [1.82, 2.24) is 15.3 Å². The highest BCUT2D eigenvalue weighted by Gasteiger charge is 2.10. The third kappa shape index (κ3) is 3.74. The predicted molar refractivity (Wildman–Crippen MR) is 88.8 cm³/mol. The van der Waals surface area contributed by atoms with Crippen molar-refractivity contribution in [2.45, 2.75) is 39.2 Å². The molecule has 21 heavy (non-hydrogen) atoms. The molecule has 0 saturated heterocycles. The van der Waals surface area contributed by atoms with Gasteiger partial charge in [-0.05, 0) is 37.6 Å². The number of aldehydes is 1. The lowest BCUT2D eigenvalue weighted by atomic mass is 10.0. The van der Waals surface area contributed by atoms with Crippen molar-refractivity contribution >= 4 is 33.5 Å². The zero-order valence-electron chi connectivity index (χ0n) is 12.7. The lowest BCUT2D eigenvalue weighted by Gasteiger charge is -2.12. The van der Waals surface area contributed by atoms with Crippen LogP contribution in [0.3, 0.4) is 0 Å². The number of likely N-dealkylation sites (N-methyl/N-ethyl adjacent to an activating group) is 1. The molecule has 1 unspecified atom stereocenters. The van der Waals surface area contributed by atoms with Crippen molar-refractivity contribution in [1.29, 1.82) is 0 Å². The molecule has 0 aromatic carbocycles. The molecule has 0 radical (unpaired) electrons. The molecule has 5 heteroatoms. The van der Waals surface area contributed by atoms with Gasteiger partial charge in [-0.25, -0.2) is 9.97 Å². The number of carbonyl (C=O) groups excluding carboxylic acids is 1. The molecule has 2 rings (SSSR count). The Morgan fingerprint density at radius 1 is 1.38 bits per heavy atom. The van der Waals surface area contributed by atoms with Crippen LogP contribution in [0.1, 0.15) is 48.6 Å². The Bertz CT molecular complexity index is 644. The van der Waals surface area contributed by atoms with Gasteiger partial charge in [-0.3, -0.25) is 4.79 Å². The number of hydrogen-bond donors (Lipinski definition) is 1. The van der Waals surface area contributed by atoms with Crippen LogP contribution in [0.2, 0.25) is 0 Å². The third-order valence-electron chi connectivity index (χ3n) is 3.43. The number of fused-ring (bicyclic) bond motifs is 1. The van der Waals surface area contributed by atoms with Crippen LogP contribution >= 0.6 is 11.3 Å². The molecule has 0 fully saturated rings. The van der Waals surface area contributed by atoms with Crippen molar-refractivity contribution in [3.05, 3.63) is 28.9 Å². The van der Waals surface area contributed by atoms with Crippen LogP contribution in [0.4, 0.5) is 0 Å². The summed E-state index contributed by atoms with van der Waals surface area (Å²) in [6, 6.07) is 4.31. The van der Waals surface area contributed by atoms with Crippen LogP contribution in [0.25, 0.3) is 15.9 Å². The first-order valence-electron chi connectivity index (χ1n) is 7.32. The molecule has 0 aliphatic rings. The Balaban J connectivity index is 2.41. The van der Waals surface area contributed by atoms with Gasteiger partial charge in [0.25, 0.3) is 0 Å². The van der Waals surface area contributed by atoms with Crippen molar-refractivity contribution in [2.24, 2.45) is 0 Å². The van der Waals surface area contributed by atoms with Gasteiger partial charge < -0.3 is 5.32 Å². The Kier molecular flexibility index (Phi) is 5.59. The van der Waals surface area contributed by atoms with E-state index in [-0.39, 0.29) is 0 Å². The number of hydrogen-bond acceptors (Lipinski definition) is 5. The van der Waals surface area contributed by atoms with Crippen molar-refractivity contribution in [2.75, 3.05) is 7.05 Å². The third-order valence-corrected chi connectivity index (χ3v) is 4.32. The molecule has 1 atom stereocenters. The smallest absolute Gasteiger partial charge is 0.178 e. The fraction of sp³-hybridized carbons (Fsp3) is 0.438. The van der Waals surface area contributed by atoms with Crippen molar-refractivity contribution in [3.8, 4) is 0 Å². The first kappa shape index (κ1) is 15.8. The number of thiazole rings is 1. The Hall–Kier alpha value is -1.59. The minimum absolute atomic E-state index is 0.357. The normalized spacial score (nSPS) is 13.6. The SMILES string of the molecule is CCC/C(=C\C(CC)NC)c1ccc2nc(C=O)sc2n1. The topological polar surface area (TPSA) is 54.9 Å². The van der Waals surface area contributed by atoms with E-state index in [0.717, 1.165) is 41.6 Å². The number of nitrogens with zero attached hydrogens (tertiary/aromatic N) is 2. The molecule has 0 saturated carbocycles. The van der Waals surface area contributed by atoms with Crippen LogP contribution in [0.15, 0.2) is 18.2 Å². The van der Waals surface area contributed by atoms with Gasteiger partial charge in [-0.1, -0.05) is 37.7 Å². The number of aromatic nitrogens is 2. The van der Waals surface area contributed by atoms with E-state index < -0.39 is 0 Å². The Morgan fingerprint density at radius 3 is 2.81 bits per heavy atom. The lowest BCUT2D eigenvalue weighted by Crippen LogP contribution is -2.21. The average Bonchev–Trinajstić information content (AvgIpc) is 2.93. The van der Waals surface area contributed by atoms with Crippen molar-refractivity contribution in [3.63, 3.8) is 0 Å². The number of rotatable bonds is 7. The summed E-state index contributed by atoms with van der Waals surface area (Å²) in [5.41, 5.74) is 3.03. The highest BCUT2D eigenvalue weighted by molar-refractivity contribution is 7.19. The fourth-order valence-electron chi connectivity index (χ4n) is 2.28. The predicted octanol–water partition coefficient (Wildman–Crippen LogP) is 3.69. The number of carbonyl (C=O) groups is 1. The monoisotopic (exact) mass is 303 g/mol. The van der Waals surface area contributed by atoms with Gasteiger partial charge in [0.1, 0.15) is 10.3 Å². The van der Waals surface area contributed by atoms with Gasteiger partial charge in [0.15, 0.2) is 11.3 Å². The zero-order valence-corrected chi connectivity index (χ0v) is 13.5. The van der Waals surface area contributed by atoms with Gasteiger partial charge in [0.2, 0.25) is 0 Å². The molecule has 2 aromatic heterocycles. The molecular formula is C16H21N3OS. The second-order valence-corrected chi connectivity index (χ2v) is 5.95. The van der Waals surface area contributed by atoms with E-state index in [4.69, 9.17) is 0 Å². The van der Waals surface area contributed by atoms with E-state index in [1.807, 2.05) is 19.2 Å². The number of nitrogens with one attached hydrogen (secondary N) is 1. The summed E-state index contributed by atoms with van der Waals surface area (Å²) in [5.74, 6) is 0. The van der Waals surface area contributed by atoms with Gasteiger partial charge in [0, 0.05) is 6.04 Å². The first-order valence-corrected chi connectivity index (χ1v) is 8.14. The minimum Gasteiger partial charge on any atom is -0.314 e. The van der Waals surface area contributed by atoms with Gasteiger partial charge in [0.05, 0.1) is 5.69 Å². The van der Waals surface area contributed by atoms with E-state index >= 15 is 0 Å². The largest absolute Gasteiger partial charge is 0.314 e. The Morgan fingerprint density at radius 2 is 2.19 bits per heavy atom. The molecule has 112 valence electrons. The van der Waals surface area contributed by atoms with Gasteiger partial charge in [-0.15, -0.1) is 0 Å². The number of allylic oxidation sites excluding steroid dienone is 1. The van der Waals surface area contributed by atoms with Crippen molar-refractivity contribution < 1.29 is 4.79 Å². The van der Waals surface area contributed by atoms with E-state index in [2.05, 4.69) is 35.2 Å². The Labute approximate surface area is 129 Å². The summed E-state index contributed by atoms with van der Waals surface area (Å²) in [5, 5.41) is 3.78. The maximum Gasteiger partial charge on any atom is 0.178 e. The summed E-state index contributed by atoms with van der Waals surface area (Å²) in [6.45, 7) is 4.33. The van der Waals surface area contributed by atoms with Crippen LogP contribution in [0, 0.1) is 0 Å². The van der Waals surface area contributed by atoms with Crippen LogP contribution in [-0.2, 0) is 0 Å². The molecule has 0 spiro atoms. The van der Waals surface area contributed by atoms with E-state index in [1.54, 1.807) is 0 Å². The molecule has 0 aliphatic carbocycles. The summed E-state index contributed by atoms with van der Waals surface area (Å²) in [6.07, 6.45) is 6.16. The fourth-order valence-corrected chi connectivity index (χ4v) is 3.03. The molecule has 1 N–H and O–H groups in total. The van der Waals surface area contributed by atoms with E-state index in [9.17, 15) is 4.79 Å². The molecule has 4 nitrogen and oxygen atoms in total. The molecule has 0 bridgehead atoms. The lowest BCUT2D eigenvalue weighted by molar-refractivity contribution is 0.112. The standard InChI is InChI=1S/C16H21N3OS/c1-4-6-11(9-12(5-2)17-3)13-7-8-14-16(19-13)21-15(10-20)18-14/h7-10,12,17H,4-6H2,1-3H3/b11-9+. The second-order valence-electron chi connectivity index (χ2n) is 4.94. The van der Waals surface area contributed by atoms with Crippen LogP contribution in [-0.4, -0.2) is 29.3 Å². The summed E-state index contributed by atoms with van der Waals surface area (Å²) >= 11 is 1.34. The van der Waals surface area contributed by atoms with Gasteiger partial charge >= 0.3 is 0 Å². The molecule has 2 aromatic rings. The number of pyridine rings is 1. The van der Waals surface area contributed by atoms with E-state index in [0.29, 0.717) is 11.0 Å². The maximum absolute atomic E-state index is 10.8. The first-order chi connectivity index (χ1) is 10.2. The van der Waals surface area contributed by atoms with Crippen LogP contribution < -0.4 is 5.32 Å². The highest BCUT2D eigenvalue weighted by atomic mass is 32.1. The molecule has 2 heterocycles. The summed E-state index contributed by atoms with van der Waals surface area (Å²) in [7, 11) is 1.98. The molecule has 0 aliphatic heterocycles. The van der Waals surface area contributed by atoms with Gasteiger partial charge in [-0.2, -0.15) is 0 Å². The van der Waals surface area contributed by atoms with E-state index in [1.165, 1.54) is 16.9 Å².